The maximum absolute atomic E-state index is 15.2. The van der Waals surface area contributed by atoms with Crippen molar-refractivity contribution in [3.8, 4) is 5.75 Å². The molecule has 2 heterocycles. The van der Waals surface area contributed by atoms with Crippen LogP contribution in [-0.4, -0.2) is 95.0 Å². The van der Waals surface area contributed by atoms with Crippen molar-refractivity contribution >= 4 is 101 Å². The third-order valence-corrected chi connectivity index (χ3v) is 20.2. The fourth-order valence-electron chi connectivity index (χ4n) is 9.92. The van der Waals surface area contributed by atoms with Gasteiger partial charge in [0.1, 0.15) is 6.79 Å². The number of carbonyl (C=O) groups excluding carboxylic acids is 4. The molecule has 0 bridgehead atoms. The first-order chi connectivity index (χ1) is 43.1. The molecule has 0 radical (unpaired) electrons. The Morgan fingerprint density at radius 3 is 1.19 bits per heavy atom. The van der Waals surface area contributed by atoms with Gasteiger partial charge in [-0.1, -0.05) is 128 Å². The molecule has 90 heavy (non-hydrogen) atoms. The molecule has 15 nitrogen and oxygen atoms in total. The lowest BCUT2D eigenvalue weighted by Crippen LogP contribution is -2.42. The molecule has 4 amide bonds. The summed E-state index contributed by atoms with van der Waals surface area (Å²) in [6, 6.07) is 15.1. The molecule has 0 unspecified atom stereocenters. The molecule has 488 valence electrons. The monoisotopic (exact) mass is 1360 g/mol. The normalized spacial score (nSPS) is 13.3. The molecule has 28 heteroatoms. The van der Waals surface area contributed by atoms with Crippen molar-refractivity contribution in [3.63, 3.8) is 0 Å². The van der Waals surface area contributed by atoms with E-state index in [1.54, 1.807) is 42.1 Å². The van der Waals surface area contributed by atoms with Gasteiger partial charge in [0, 0.05) is 32.9 Å². The van der Waals surface area contributed by atoms with E-state index in [1.165, 1.54) is 80.6 Å². The quantitative estimate of drug-likeness (QED) is 0.00925. The predicted octanol–water partition coefficient (Wildman–Crippen LogP) is 16.2. The van der Waals surface area contributed by atoms with Crippen molar-refractivity contribution in [1.29, 1.82) is 0 Å². The Kier molecular flexibility index (Phi) is 26.4. The maximum atomic E-state index is 15.2. The number of imide groups is 2. The summed E-state index contributed by atoms with van der Waals surface area (Å²) in [5.74, 6) is -22.2. The number of ether oxygens (including phenoxy) is 3. The average Bonchev–Trinajstić information content (AvgIpc) is 0.757. The van der Waals surface area contributed by atoms with Crippen LogP contribution >= 0.6 is 35.3 Å². The molecular weight excluding hydrogens is 1290 g/mol. The van der Waals surface area contributed by atoms with Crippen molar-refractivity contribution in [2.45, 2.75) is 148 Å². The summed E-state index contributed by atoms with van der Waals surface area (Å²) in [5.41, 5.74) is -0.451. The van der Waals surface area contributed by atoms with Crippen molar-refractivity contribution in [3.05, 3.63) is 129 Å². The Morgan fingerprint density at radius 1 is 0.422 bits per heavy atom. The highest BCUT2D eigenvalue weighted by atomic mass is 32.2. The van der Waals surface area contributed by atoms with Gasteiger partial charge in [0.15, 0.2) is 50.4 Å². The SMILES string of the molecule is CCCCCCCCCCCCSc1c(F)c(F)c(S(=O)(=O)ON2C(=O)c3cccc4c(SCCCCCCCC)ccc(c34)C2=O)c(F)c1F.CCOCOCCSc1ccc2c3c(cccc13)C(=O)N(OS(=O)(=O)c1c(F)c(F)c(OC)c(F)c1F)C2=O. The third-order valence-electron chi connectivity index (χ3n) is 14.4. The van der Waals surface area contributed by atoms with E-state index in [0.717, 1.165) is 68.4 Å². The Hall–Kier alpha value is -5.85. The van der Waals surface area contributed by atoms with Gasteiger partial charge in [-0.15, -0.1) is 54.0 Å². The van der Waals surface area contributed by atoms with E-state index < -0.39 is 111 Å². The molecule has 0 aromatic heterocycles. The molecule has 0 N–H and O–H groups in total. The molecule has 0 spiro atoms. The lowest BCUT2D eigenvalue weighted by atomic mass is 9.95. The molecule has 0 saturated heterocycles. The number of rotatable bonds is 34. The number of methoxy groups -OCH3 is 1. The Labute approximate surface area is 529 Å². The maximum Gasteiger partial charge on any atom is 0.324 e. The number of hydrogen-bond donors (Lipinski definition) is 0. The van der Waals surface area contributed by atoms with E-state index in [4.69, 9.17) is 13.8 Å². The van der Waals surface area contributed by atoms with E-state index in [0.29, 0.717) is 59.9 Å². The van der Waals surface area contributed by atoms with Crippen molar-refractivity contribution in [2.24, 2.45) is 0 Å². The second-order valence-electron chi connectivity index (χ2n) is 20.6. The Balaban J connectivity index is 0.000000265. The van der Waals surface area contributed by atoms with Crippen molar-refractivity contribution in [1.82, 2.24) is 10.1 Å². The van der Waals surface area contributed by atoms with Crippen LogP contribution in [0.15, 0.2) is 85.1 Å². The number of thioether (sulfide) groups is 3. The van der Waals surface area contributed by atoms with Gasteiger partial charge in [0.05, 0.1) is 40.9 Å². The van der Waals surface area contributed by atoms with Crippen LogP contribution < -0.4 is 4.74 Å². The summed E-state index contributed by atoms with van der Waals surface area (Å²) in [4.78, 5) is 49.4. The topological polar surface area (TPSA) is 189 Å². The molecule has 0 fully saturated rings. The minimum Gasteiger partial charge on any atom is -0.491 e. The zero-order valence-corrected chi connectivity index (χ0v) is 53.7. The first-order valence-electron chi connectivity index (χ1n) is 29.2. The van der Waals surface area contributed by atoms with Crippen LogP contribution in [0.1, 0.15) is 165 Å². The number of benzene rings is 6. The van der Waals surface area contributed by atoms with Crippen LogP contribution in [0.5, 0.6) is 5.75 Å². The number of hydroxylamine groups is 4. The molecular formula is C62H66F8N2O13S5. The highest BCUT2D eigenvalue weighted by molar-refractivity contribution is 8.00. The van der Waals surface area contributed by atoms with Gasteiger partial charge in [-0.25, -0.2) is 26.3 Å². The summed E-state index contributed by atoms with van der Waals surface area (Å²) in [6.45, 7) is 7.14. The number of hydrogen-bond acceptors (Lipinski definition) is 16. The van der Waals surface area contributed by atoms with E-state index in [-0.39, 0.29) is 55.7 Å². The zero-order chi connectivity index (χ0) is 65.5. The third kappa shape index (κ3) is 16.3. The average molecular weight is 1360 g/mol. The van der Waals surface area contributed by atoms with E-state index in [1.807, 2.05) is 6.92 Å². The first kappa shape index (κ1) is 71.6. The van der Waals surface area contributed by atoms with E-state index in [2.05, 4.69) is 22.9 Å². The molecule has 0 saturated carbocycles. The summed E-state index contributed by atoms with van der Waals surface area (Å²) in [5, 5.41) is 1.22. The fraction of sp³-hybridized carbons (Fsp3) is 0.419. The van der Waals surface area contributed by atoms with Crippen molar-refractivity contribution < 1.29 is 93.9 Å². The highest BCUT2D eigenvalue weighted by Gasteiger charge is 2.44. The summed E-state index contributed by atoms with van der Waals surface area (Å²) < 4.78 is 193. The summed E-state index contributed by atoms with van der Waals surface area (Å²) in [7, 11) is -10.8. The molecule has 6 aromatic rings. The lowest BCUT2D eigenvalue weighted by molar-refractivity contribution is -0.0435. The van der Waals surface area contributed by atoms with Crippen LogP contribution in [0.3, 0.4) is 0 Å². The summed E-state index contributed by atoms with van der Waals surface area (Å²) in [6.07, 6.45) is 17.1. The van der Waals surface area contributed by atoms with Crippen molar-refractivity contribution in [2.75, 3.05) is 44.4 Å². The van der Waals surface area contributed by atoms with Crippen LogP contribution in [0.4, 0.5) is 35.1 Å². The smallest absolute Gasteiger partial charge is 0.324 e. The van der Waals surface area contributed by atoms with Gasteiger partial charge >= 0.3 is 20.2 Å². The number of unbranched alkanes of at least 4 members (excludes halogenated alkanes) is 14. The molecule has 6 aromatic carbocycles. The van der Waals surface area contributed by atoms with Gasteiger partial charge < -0.3 is 14.2 Å². The molecule has 8 rings (SSSR count). The van der Waals surface area contributed by atoms with E-state index >= 15 is 17.6 Å². The van der Waals surface area contributed by atoms with Crippen LogP contribution in [0.2, 0.25) is 0 Å². The number of carbonyl (C=O) groups is 4. The minimum absolute atomic E-state index is 0.0728. The van der Waals surface area contributed by atoms with Gasteiger partial charge in [0.25, 0.3) is 23.6 Å². The fourth-order valence-corrected chi connectivity index (χ4v) is 14.9. The second kappa shape index (κ2) is 33.1. The Morgan fingerprint density at radius 2 is 0.789 bits per heavy atom. The first-order valence-corrected chi connectivity index (χ1v) is 34.9. The standard InChI is InChI=1S/C38H47F4NO5S3.C24H19F4NO8S2/c1-3-5-7-9-11-12-13-14-16-18-25-50-35-31(39)33(41)36(34(42)32(35)40)51(46,47)48-43-37(44)27-21-19-20-26-29(23-22-28(30(26)27)38(43)45)49-24-17-15-10-8-6-4-2;1-3-35-11-36-9-10-38-15-8-7-14-16-12(15)5-4-6-13(16)23(30)29(24(14)31)37-39(32,33)22-19(27)17(25)21(34-2)18(26)20(22)28/h19-23H,3-18,24-25H2,1-2H3;4-8H,3,9-11H2,1-2H3. The molecule has 2 aliphatic rings. The molecule has 0 aliphatic carbocycles. The predicted molar refractivity (Wildman–Crippen MR) is 324 cm³/mol. The Bertz CT molecular complexity index is 3760. The lowest BCUT2D eigenvalue weighted by Gasteiger charge is -2.26. The number of amides is 4. The zero-order valence-electron chi connectivity index (χ0n) is 49.6. The highest BCUT2D eigenvalue weighted by Crippen LogP contribution is 2.41. The van der Waals surface area contributed by atoms with Crippen LogP contribution in [-0.2, 0) is 38.3 Å². The van der Waals surface area contributed by atoms with Gasteiger partial charge in [-0.2, -0.15) is 25.6 Å². The summed E-state index contributed by atoms with van der Waals surface area (Å²) >= 11 is 3.50. The van der Waals surface area contributed by atoms with Gasteiger partial charge in [-0.3, -0.25) is 19.2 Å². The van der Waals surface area contributed by atoms with Gasteiger partial charge in [0.2, 0.25) is 11.6 Å². The second-order valence-corrected chi connectivity index (χ2v) is 26.9. The number of halogens is 8. The van der Waals surface area contributed by atoms with Crippen LogP contribution in [0, 0.1) is 46.5 Å². The molecule has 2 aliphatic heterocycles. The molecule has 0 atom stereocenters. The van der Waals surface area contributed by atoms with Crippen LogP contribution in [0.25, 0.3) is 21.5 Å². The largest absolute Gasteiger partial charge is 0.491 e. The van der Waals surface area contributed by atoms with E-state index in [9.17, 15) is 53.6 Å². The number of nitrogens with zero attached hydrogens (tertiary/aromatic N) is 2. The van der Waals surface area contributed by atoms with Gasteiger partial charge in [-0.05, 0) is 78.4 Å². The minimum atomic E-state index is -5.79.